The van der Waals surface area contributed by atoms with Crippen LogP contribution in [0.3, 0.4) is 0 Å². The van der Waals surface area contributed by atoms with Gasteiger partial charge in [0.1, 0.15) is 0 Å². The Morgan fingerprint density at radius 1 is 1.56 bits per heavy atom. The Hall–Kier alpha value is -2.55. The molecule has 6 heteroatoms. The number of hydrogen-bond donors (Lipinski definition) is 1. The van der Waals surface area contributed by atoms with Gasteiger partial charge in [0, 0.05) is 23.6 Å². The van der Waals surface area contributed by atoms with Gasteiger partial charge in [0.25, 0.3) is 0 Å². The number of carbonyl (C=O) groups excluding carboxylic acids is 1. The van der Waals surface area contributed by atoms with Gasteiger partial charge >= 0.3 is 11.7 Å². The molecule has 0 atom stereocenters. The third-order valence-electron chi connectivity index (χ3n) is 1.67. The predicted molar refractivity (Wildman–Crippen MR) is 53.7 cm³/mol. The normalized spacial score (nSPS) is 8.81. The maximum Gasteiger partial charge on any atom is 0.384 e. The molecule has 0 spiro atoms. The van der Waals surface area contributed by atoms with E-state index in [1.807, 2.05) is 0 Å². The summed E-state index contributed by atoms with van der Waals surface area (Å²) in [5.41, 5.74) is -0.128. The first kappa shape index (κ1) is 11.5. The topological polar surface area (TPSA) is 89.7 Å². The molecular weight excluding hydrogens is 214 g/mol. The lowest BCUT2D eigenvalue weighted by molar-refractivity contribution is -0.385. The van der Waals surface area contributed by atoms with Crippen molar-refractivity contribution in [2.45, 2.75) is 0 Å². The molecule has 6 nitrogen and oxygen atoms in total. The molecule has 0 heterocycles. The van der Waals surface area contributed by atoms with Gasteiger partial charge in [0.15, 0.2) is 5.75 Å². The number of benzene rings is 1. The van der Waals surface area contributed by atoms with Gasteiger partial charge in [-0.3, -0.25) is 10.1 Å². The molecule has 0 aliphatic rings. The highest BCUT2D eigenvalue weighted by Gasteiger charge is 2.12. The van der Waals surface area contributed by atoms with E-state index in [9.17, 15) is 20.0 Å². The van der Waals surface area contributed by atoms with Crippen molar-refractivity contribution in [1.29, 1.82) is 0 Å². The summed E-state index contributed by atoms with van der Waals surface area (Å²) in [5.74, 6) is 3.30. The van der Waals surface area contributed by atoms with Crippen molar-refractivity contribution in [2.24, 2.45) is 0 Å². The summed E-state index contributed by atoms with van der Waals surface area (Å²) in [7, 11) is 1.18. The van der Waals surface area contributed by atoms with Crippen LogP contribution in [0.2, 0.25) is 0 Å². The second kappa shape index (κ2) is 4.79. The van der Waals surface area contributed by atoms with Crippen LogP contribution in [0.5, 0.6) is 5.75 Å². The maximum absolute atomic E-state index is 10.7. The third kappa shape index (κ3) is 2.72. The molecule has 0 fully saturated rings. The van der Waals surface area contributed by atoms with Gasteiger partial charge in [-0.05, 0) is 6.07 Å². The Bertz CT molecular complexity index is 498. The van der Waals surface area contributed by atoms with Gasteiger partial charge in [-0.15, -0.1) is 0 Å². The van der Waals surface area contributed by atoms with E-state index in [0.29, 0.717) is 0 Å². The Kier molecular flexibility index (Phi) is 3.45. The highest BCUT2D eigenvalue weighted by molar-refractivity contribution is 5.89. The van der Waals surface area contributed by atoms with Crippen molar-refractivity contribution in [3.63, 3.8) is 0 Å². The maximum atomic E-state index is 10.7. The lowest BCUT2D eigenvalue weighted by Crippen LogP contribution is -1.94. The molecule has 1 aromatic carbocycles. The number of carbonyl (C=O) groups is 1. The summed E-state index contributed by atoms with van der Waals surface area (Å²) >= 11 is 0. The molecule has 82 valence electrons. The molecule has 0 aliphatic carbocycles. The van der Waals surface area contributed by atoms with E-state index < -0.39 is 22.3 Å². The lowest BCUT2D eigenvalue weighted by Gasteiger charge is -1.95. The van der Waals surface area contributed by atoms with Crippen LogP contribution in [0, 0.1) is 22.0 Å². The van der Waals surface area contributed by atoms with Gasteiger partial charge in [-0.2, -0.15) is 0 Å². The summed E-state index contributed by atoms with van der Waals surface area (Å²) in [4.78, 5) is 20.3. The lowest BCUT2D eigenvalue weighted by atomic mass is 10.2. The first-order valence-corrected chi connectivity index (χ1v) is 4.12. The number of esters is 1. The molecule has 0 unspecified atom stereocenters. The fraction of sp³-hybridized carbons (Fsp3) is 0.100. The van der Waals surface area contributed by atoms with Crippen LogP contribution in [0.15, 0.2) is 18.2 Å². The van der Waals surface area contributed by atoms with E-state index in [4.69, 9.17) is 0 Å². The average Bonchev–Trinajstić information content (AvgIpc) is 2.25. The zero-order valence-electron chi connectivity index (χ0n) is 8.26. The molecular formula is C10H7NO5. The van der Waals surface area contributed by atoms with Crippen molar-refractivity contribution in [2.75, 3.05) is 7.11 Å². The quantitative estimate of drug-likeness (QED) is 0.328. The Morgan fingerprint density at radius 2 is 2.25 bits per heavy atom. The monoisotopic (exact) mass is 221 g/mol. The number of ether oxygens (including phenoxy) is 1. The first-order chi connectivity index (χ1) is 7.54. The number of phenolic OH excluding ortho intramolecular Hbond substituents is 1. The predicted octanol–water partition coefficient (Wildman–Crippen LogP) is 0.825. The zero-order chi connectivity index (χ0) is 12.1. The van der Waals surface area contributed by atoms with Gasteiger partial charge in [-0.1, -0.05) is 5.92 Å². The second-order valence-electron chi connectivity index (χ2n) is 2.70. The molecule has 1 aromatic rings. The van der Waals surface area contributed by atoms with Crippen LogP contribution in [-0.2, 0) is 9.53 Å². The standard InChI is InChI=1S/C10H7NO5/c1-16-10(13)5-3-7-2-4-8(11(14)15)9(12)6-7/h2,4,6,12H,1H3. The number of rotatable bonds is 1. The molecule has 0 saturated heterocycles. The number of phenols is 1. The number of hydrogen-bond acceptors (Lipinski definition) is 5. The molecule has 0 radical (unpaired) electrons. The number of aromatic hydroxyl groups is 1. The largest absolute Gasteiger partial charge is 0.502 e. The summed E-state index contributed by atoms with van der Waals surface area (Å²) in [6.07, 6.45) is 0. The van der Waals surface area contributed by atoms with E-state index in [-0.39, 0.29) is 5.56 Å². The van der Waals surface area contributed by atoms with Crippen LogP contribution >= 0.6 is 0 Å². The first-order valence-electron chi connectivity index (χ1n) is 4.12. The highest BCUT2D eigenvalue weighted by Crippen LogP contribution is 2.25. The summed E-state index contributed by atoms with van der Waals surface area (Å²) < 4.78 is 4.28. The smallest absolute Gasteiger partial charge is 0.384 e. The summed E-state index contributed by atoms with van der Waals surface area (Å²) in [6.45, 7) is 0. The molecule has 0 aliphatic heterocycles. The van der Waals surface area contributed by atoms with Gasteiger partial charge in [-0.25, -0.2) is 4.79 Å². The SMILES string of the molecule is COC(=O)C#Cc1ccc([N+](=O)[O-])c(O)c1. The molecule has 0 aromatic heterocycles. The number of nitrogens with zero attached hydrogens (tertiary/aromatic N) is 1. The number of nitro groups is 1. The van der Waals surface area contributed by atoms with E-state index >= 15 is 0 Å². The third-order valence-corrected chi connectivity index (χ3v) is 1.67. The van der Waals surface area contributed by atoms with Crippen LogP contribution in [0.25, 0.3) is 0 Å². The van der Waals surface area contributed by atoms with Crippen molar-refractivity contribution in [3.8, 4) is 17.6 Å². The van der Waals surface area contributed by atoms with E-state index in [0.717, 1.165) is 12.1 Å². The number of nitro benzene ring substituents is 1. The Balaban J connectivity index is 3.01. The summed E-state index contributed by atoms with van der Waals surface area (Å²) in [6, 6.07) is 3.54. The summed E-state index contributed by atoms with van der Waals surface area (Å²) in [5, 5.41) is 19.6. The molecule has 16 heavy (non-hydrogen) atoms. The highest BCUT2D eigenvalue weighted by atomic mass is 16.6. The van der Waals surface area contributed by atoms with Crippen LogP contribution in [-0.4, -0.2) is 23.1 Å². The molecule has 0 bridgehead atoms. The second-order valence-corrected chi connectivity index (χ2v) is 2.70. The van der Waals surface area contributed by atoms with Gasteiger partial charge in [0.2, 0.25) is 0 Å². The van der Waals surface area contributed by atoms with E-state index in [1.165, 1.54) is 13.2 Å². The fourth-order valence-electron chi connectivity index (χ4n) is 0.930. The number of methoxy groups -OCH3 is 1. The molecule has 1 N–H and O–H groups in total. The van der Waals surface area contributed by atoms with Crippen molar-refractivity contribution < 1.29 is 19.6 Å². The fourth-order valence-corrected chi connectivity index (χ4v) is 0.930. The van der Waals surface area contributed by atoms with Crippen LogP contribution < -0.4 is 0 Å². The Morgan fingerprint density at radius 3 is 2.75 bits per heavy atom. The van der Waals surface area contributed by atoms with Crippen molar-refractivity contribution in [1.82, 2.24) is 0 Å². The molecule has 0 amide bonds. The van der Waals surface area contributed by atoms with Gasteiger partial charge in [0.05, 0.1) is 12.0 Å². The minimum Gasteiger partial charge on any atom is -0.502 e. The minimum atomic E-state index is -0.724. The van der Waals surface area contributed by atoms with Crippen molar-refractivity contribution >= 4 is 11.7 Å². The molecule has 1 rings (SSSR count). The Labute approximate surface area is 90.6 Å². The molecule has 0 saturated carbocycles. The van der Waals surface area contributed by atoms with Gasteiger partial charge < -0.3 is 9.84 Å². The average molecular weight is 221 g/mol. The van der Waals surface area contributed by atoms with Crippen LogP contribution in [0.1, 0.15) is 5.56 Å². The van der Waals surface area contributed by atoms with Crippen LogP contribution in [0.4, 0.5) is 5.69 Å². The van der Waals surface area contributed by atoms with Crippen molar-refractivity contribution in [3.05, 3.63) is 33.9 Å². The zero-order valence-corrected chi connectivity index (χ0v) is 8.26. The van der Waals surface area contributed by atoms with E-state index in [1.54, 1.807) is 0 Å². The van der Waals surface area contributed by atoms with E-state index in [2.05, 4.69) is 16.6 Å². The minimum absolute atomic E-state index is 0.286.